The van der Waals surface area contributed by atoms with Gasteiger partial charge in [-0.15, -0.1) is 11.8 Å². The second-order valence-corrected chi connectivity index (χ2v) is 3.93. The molecule has 14 heavy (non-hydrogen) atoms. The zero-order chi connectivity index (χ0) is 10.4. The van der Waals surface area contributed by atoms with Crippen molar-refractivity contribution in [1.82, 2.24) is 9.97 Å². The first-order valence-electron chi connectivity index (χ1n) is 4.10. The molecule has 0 amide bonds. The van der Waals surface area contributed by atoms with Crippen molar-refractivity contribution in [2.24, 2.45) is 0 Å². The summed E-state index contributed by atoms with van der Waals surface area (Å²) >= 11 is 7.47. The van der Waals surface area contributed by atoms with E-state index in [0.29, 0.717) is 17.6 Å². The fourth-order valence-corrected chi connectivity index (χ4v) is 1.83. The Morgan fingerprint density at radius 3 is 3.07 bits per heavy atom. The molecule has 0 radical (unpaired) electrons. The van der Waals surface area contributed by atoms with Gasteiger partial charge in [0.15, 0.2) is 0 Å². The molecular formula is C8H12ClN3OS. The van der Waals surface area contributed by atoms with Gasteiger partial charge < -0.3 is 10.1 Å². The zero-order valence-electron chi connectivity index (χ0n) is 8.08. The highest BCUT2D eigenvalue weighted by atomic mass is 35.5. The maximum Gasteiger partial charge on any atom is 0.223 e. The van der Waals surface area contributed by atoms with E-state index in [1.165, 1.54) is 0 Å². The van der Waals surface area contributed by atoms with Crippen LogP contribution >= 0.6 is 23.4 Å². The molecule has 78 valence electrons. The number of aromatic nitrogens is 2. The van der Waals surface area contributed by atoms with Crippen LogP contribution in [0.5, 0.6) is 0 Å². The van der Waals surface area contributed by atoms with Gasteiger partial charge in [0.05, 0.1) is 17.8 Å². The number of rotatable bonds is 5. The van der Waals surface area contributed by atoms with Crippen molar-refractivity contribution in [2.75, 3.05) is 31.8 Å². The highest BCUT2D eigenvalue weighted by Crippen LogP contribution is 2.24. The van der Waals surface area contributed by atoms with Crippen LogP contribution < -0.4 is 5.32 Å². The van der Waals surface area contributed by atoms with Gasteiger partial charge in [-0.25, -0.2) is 9.97 Å². The molecule has 1 rings (SSSR count). The summed E-state index contributed by atoms with van der Waals surface area (Å²) in [6, 6.07) is 0. The van der Waals surface area contributed by atoms with E-state index in [9.17, 15) is 0 Å². The van der Waals surface area contributed by atoms with Crippen molar-refractivity contribution in [3.63, 3.8) is 0 Å². The number of nitrogens with one attached hydrogen (secondary N) is 1. The van der Waals surface area contributed by atoms with Gasteiger partial charge in [0.2, 0.25) is 5.95 Å². The summed E-state index contributed by atoms with van der Waals surface area (Å²) < 4.78 is 4.94. The number of nitrogens with zero attached hydrogens (tertiary/aromatic N) is 2. The average Bonchev–Trinajstić information content (AvgIpc) is 2.21. The minimum Gasteiger partial charge on any atom is -0.384 e. The van der Waals surface area contributed by atoms with Crippen LogP contribution in [0.2, 0.25) is 5.02 Å². The zero-order valence-corrected chi connectivity index (χ0v) is 9.65. The third-order valence-electron chi connectivity index (χ3n) is 1.46. The number of halogens is 1. The van der Waals surface area contributed by atoms with Gasteiger partial charge in [-0.2, -0.15) is 0 Å². The molecule has 0 bridgehead atoms. The number of hydrogen-bond donors (Lipinski definition) is 1. The van der Waals surface area contributed by atoms with E-state index in [2.05, 4.69) is 15.3 Å². The van der Waals surface area contributed by atoms with Crippen molar-refractivity contribution >= 4 is 29.3 Å². The molecule has 0 aliphatic carbocycles. The van der Waals surface area contributed by atoms with Crippen LogP contribution in [-0.2, 0) is 4.74 Å². The van der Waals surface area contributed by atoms with Gasteiger partial charge in [0, 0.05) is 19.9 Å². The molecule has 4 nitrogen and oxygen atoms in total. The smallest absolute Gasteiger partial charge is 0.223 e. The molecule has 0 unspecified atom stereocenters. The molecule has 1 heterocycles. The molecule has 0 aromatic carbocycles. The summed E-state index contributed by atoms with van der Waals surface area (Å²) in [6.07, 6.45) is 1.59. The van der Waals surface area contributed by atoms with Gasteiger partial charge in [-0.3, -0.25) is 0 Å². The Hall–Kier alpha value is -0.520. The second kappa shape index (κ2) is 6.06. The third kappa shape index (κ3) is 3.32. The topological polar surface area (TPSA) is 47.0 Å². The van der Waals surface area contributed by atoms with E-state index in [1.54, 1.807) is 32.1 Å². The molecule has 0 aliphatic heterocycles. The lowest BCUT2D eigenvalue weighted by Gasteiger charge is -2.04. The van der Waals surface area contributed by atoms with Crippen LogP contribution in [0.15, 0.2) is 11.2 Å². The van der Waals surface area contributed by atoms with Gasteiger partial charge in [-0.05, 0) is 0 Å². The van der Waals surface area contributed by atoms with Crippen molar-refractivity contribution in [3.05, 3.63) is 11.2 Å². The molecule has 0 aliphatic rings. The molecule has 1 aromatic rings. The fourth-order valence-electron chi connectivity index (χ4n) is 0.795. The van der Waals surface area contributed by atoms with Crippen molar-refractivity contribution in [2.45, 2.75) is 5.03 Å². The van der Waals surface area contributed by atoms with Crippen molar-refractivity contribution in [3.8, 4) is 0 Å². The van der Waals surface area contributed by atoms with Gasteiger partial charge >= 0.3 is 0 Å². The Bertz CT molecular complexity index is 298. The Kier molecular flexibility index (Phi) is 5.00. The van der Waals surface area contributed by atoms with E-state index in [-0.39, 0.29) is 0 Å². The maximum atomic E-state index is 5.92. The molecule has 0 saturated carbocycles. The van der Waals surface area contributed by atoms with E-state index in [1.807, 2.05) is 0 Å². The van der Waals surface area contributed by atoms with Gasteiger partial charge in [0.1, 0.15) is 5.03 Å². The van der Waals surface area contributed by atoms with E-state index in [4.69, 9.17) is 16.3 Å². The highest BCUT2D eigenvalue weighted by Gasteiger charge is 2.04. The largest absolute Gasteiger partial charge is 0.384 e. The lowest BCUT2D eigenvalue weighted by atomic mass is 10.6. The molecule has 0 spiro atoms. The number of hydrogen-bond acceptors (Lipinski definition) is 5. The monoisotopic (exact) mass is 233 g/mol. The summed E-state index contributed by atoms with van der Waals surface area (Å²) in [7, 11) is 3.44. The van der Waals surface area contributed by atoms with Crippen LogP contribution in [0, 0.1) is 0 Å². The number of methoxy groups -OCH3 is 1. The number of ether oxygens (including phenoxy) is 1. The Morgan fingerprint density at radius 1 is 1.64 bits per heavy atom. The SMILES string of the molecule is CNc1ncc(Cl)c(SCCOC)n1. The normalized spacial score (nSPS) is 10.2. The third-order valence-corrected chi connectivity index (χ3v) is 2.81. The lowest BCUT2D eigenvalue weighted by Crippen LogP contribution is -1.98. The predicted octanol–water partition coefficient (Wildman–Crippen LogP) is 1.91. The molecule has 6 heteroatoms. The van der Waals surface area contributed by atoms with E-state index < -0.39 is 0 Å². The summed E-state index contributed by atoms with van der Waals surface area (Å²) in [6.45, 7) is 0.680. The number of anilines is 1. The minimum absolute atomic E-state index is 0.574. The van der Waals surface area contributed by atoms with Crippen LogP contribution in [0.25, 0.3) is 0 Å². The molecule has 0 fully saturated rings. The highest BCUT2D eigenvalue weighted by molar-refractivity contribution is 7.99. The average molecular weight is 234 g/mol. The summed E-state index contributed by atoms with van der Waals surface area (Å²) in [4.78, 5) is 8.20. The summed E-state index contributed by atoms with van der Waals surface area (Å²) in [5.41, 5.74) is 0. The standard InChI is InChI=1S/C8H12ClN3OS/c1-10-8-11-5-6(9)7(12-8)14-4-3-13-2/h5H,3-4H2,1-2H3,(H,10,11,12). The molecule has 1 N–H and O–H groups in total. The first-order chi connectivity index (χ1) is 6.77. The van der Waals surface area contributed by atoms with E-state index in [0.717, 1.165) is 10.8 Å². The number of thioether (sulfide) groups is 1. The Labute approximate surface area is 92.4 Å². The van der Waals surface area contributed by atoms with E-state index >= 15 is 0 Å². The molecule has 0 atom stereocenters. The first-order valence-corrected chi connectivity index (χ1v) is 5.46. The van der Waals surface area contributed by atoms with Crippen molar-refractivity contribution in [1.29, 1.82) is 0 Å². The summed E-state index contributed by atoms with van der Waals surface area (Å²) in [5.74, 6) is 1.41. The minimum atomic E-state index is 0.574. The predicted molar refractivity (Wildman–Crippen MR) is 59.2 cm³/mol. The van der Waals surface area contributed by atoms with Crippen LogP contribution in [0.1, 0.15) is 0 Å². The van der Waals surface area contributed by atoms with Gasteiger partial charge in [0.25, 0.3) is 0 Å². The molecule has 0 saturated heterocycles. The Balaban J connectivity index is 2.64. The van der Waals surface area contributed by atoms with Crippen molar-refractivity contribution < 1.29 is 4.74 Å². The molecular weight excluding hydrogens is 222 g/mol. The quantitative estimate of drug-likeness (QED) is 0.478. The molecule has 1 aromatic heterocycles. The Morgan fingerprint density at radius 2 is 2.43 bits per heavy atom. The van der Waals surface area contributed by atoms with Gasteiger partial charge in [-0.1, -0.05) is 11.6 Å². The first kappa shape index (κ1) is 11.6. The van der Waals surface area contributed by atoms with Crippen LogP contribution in [0.4, 0.5) is 5.95 Å². The maximum absolute atomic E-state index is 5.92. The van der Waals surface area contributed by atoms with Crippen LogP contribution in [-0.4, -0.2) is 36.5 Å². The lowest BCUT2D eigenvalue weighted by molar-refractivity contribution is 0.218. The fraction of sp³-hybridized carbons (Fsp3) is 0.500. The second-order valence-electron chi connectivity index (χ2n) is 2.44. The van der Waals surface area contributed by atoms with Crippen LogP contribution in [0.3, 0.4) is 0 Å². The summed E-state index contributed by atoms with van der Waals surface area (Å²) in [5, 5.41) is 4.21.